The third kappa shape index (κ3) is 5.06. The number of likely N-dealkylation sites (tertiary alicyclic amines) is 1. The van der Waals surface area contributed by atoms with Gasteiger partial charge in [0.15, 0.2) is 0 Å². The van der Waals surface area contributed by atoms with Crippen molar-refractivity contribution in [1.29, 1.82) is 0 Å². The molecular formula is C17H27FN2O. The van der Waals surface area contributed by atoms with E-state index in [1.807, 2.05) is 12.1 Å². The number of hydrogen-bond acceptors (Lipinski definition) is 3. The van der Waals surface area contributed by atoms with Gasteiger partial charge in [-0.3, -0.25) is 0 Å². The molecule has 1 heterocycles. The predicted molar refractivity (Wildman–Crippen MR) is 83.9 cm³/mol. The molecule has 0 aliphatic carbocycles. The van der Waals surface area contributed by atoms with Crippen LogP contribution < -0.4 is 5.32 Å². The van der Waals surface area contributed by atoms with Crippen LogP contribution in [0.1, 0.15) is 37.8 Å². The number of hydrogen-bond donors (Lipinski definition) is 1. The highest BCUT2D eigenvalue weighted by atomic mass is 19.1. The summed E-state index contributed by atoms with van der Waals surface area (Å²) >= 11 is 0. The van der Waals surface area contributed by atoms with Gasteiger partial charge >= 0.3 is 0 Å². The van der Waals surface area contributed by atoms with Crippen LogP contribution in [0.3, 0.4) is 0 Å². The van der Waals surface area contributed by atoms with Crippen LogP contribution in [0.4, 0.5) is 4.39 Å². The van der Waals surface area contributed by atoms with Crippen molar-refractivity contribution in [3.05, 3.63) is 35.6 Å². The zero-order chi connectivity index (χ0) is 15.1. The molecule has 0 bridgehead atoms. The molecule has 1 aromatic rings. The lowest BCUT2D eigenvalue weighted by Gasteiger charge is -2.23. The van der Waals surface area contributed by atoms with Gasteiger partial charge in [0.05, 0.1) is 6.10 Å². The smallest absolute Gasteiger partial charge is 0.123 e. The van der Waals surface area contributed by atoms with E-state index in [0.29, 0.717) is 12.1 Å². The molecule has 2 unspecified atom stereocenters. The van der Waals surface area contributed by atoms with Crippen molar-refractivity contribution in [2.45, 2.75) is 38.3 Å². The van der Waals surface area contributed by atoms with Gasteiger partial charge in [0.25, 0.3) is 0 Å². The topological polar surface area (TPSA) is 24.5 Å². The Balaban J connectivity index is 1.89. The van der Waals surface area contributed by atoms with Crippen LogP contribution in [0.5, 0.6) is 0 Å². The third-order valence-electron chi connectivity index (χ3n) is 4.21. The highest BCUT2D eigenvalue weighted by Crippen LogP contribution is 2.20. The molecule has 4 heteroatoms. The Kier molecular flexibility index (Phi) is 6.61. The minimum atomic E-state index is -0.171. The van der Waals surface area contributed by atoms with Crippen molar-refractivity contribution in [2.75, 3.05) is 33.3 Å². The Morgan fingerprint density at radius 1 is 1.38 bits per heavy atom. The average molecular weight is 294 g/mol. The molecule has 21 heavy (non-hydrogen) atoms. The molecule has 2 atom stereocenters. The summed E-state index contributed by atoms with van der Waals surface area (Å²) < 4.78 is 18.5. The second-order valence-corrected chi connectivity index (χ2v) is 5.79. The Labute approximate surface area is 127 Å². The highest BCUT2D eigenvalue weighted by molar-refractivity contribution is 5.20. The van der Waals surface area contributed by atoms with Crippen molar-refractivity contribution >= 4 is 0 Å². The lowest BCUT2D eigenvalue weighted by molar-refractivity contribution is 0.107. The summed E-state index contributed by atoms with van der Waals surface area (Å²) in [4.78, 5) is 2.46. The molecule has 0 aromatic heterocycles. The van der Waals surface area contributed by atoms with E-state index < -0.39 is 0 Å². The molecule has 3 nitrogen and oxygen atoms in total. The summed E-state index contributed by atoms with van der Waals surface area (Å²) in [5, 5.41) is 3.57. The quantitative estimate of drug-likeness (QED) is 0.798. The predicted octanol–water partition coefficient (Wildman–Crippen LogP) is 2.98. The first-order chi connectivity index (χ1) is 10.2. The van der Waals surface area contributed by atoms with E-state index in [1.165, 1.54) is 5.56 Å². The summed E-state index contributed by atoms with van der Waals surface area (Å²) in [7, 11) is 1.79. The normalized spacial score (nSPS) is 20.8. The van der Waals surface area contributed by atoms with Crippen LogP contribution in [0, 0.1) is 5.82 Å². The lowest BCUT2D eigenvalue weighted by atomic mass is 10.0. The first kappa shape index (κ1) is 16.4. The first-order valence-electron chi connectivity index (χ1n) is 7.97. The summed E-state index contributed by atoms with van der Waals surface area (Å²) in [6, 6.07) is 7.18. The van der Waals surface area contributed by atoms with E-state index in [9.17, 15) is 4.39 Å². The van der Waals surface area contributed by atoms with Gasteiger partial charge in [0, 0.05) is 32.8 Å². The minimum absolute atomic E-state index is 0.171. The van der Waals surface area contributed by atoms with Crippen molar-refractivity contribution in [2.24, 2.45) is 0 Å². The lowest BCUT2D eigenvalue weighted by Crippen LogP contribution is -2.29. The van der Waals surface area contributed by atoms with Gasteiger partial charge in [-0.2, -0.15) is 0 Å². The number of nitrogens with one attached hydrogen (secondary N) is 1. The van der Waals surface area contributed by atoms with Crippen LogP contribution in [0.2, 0.25) is 0 Å². The number of benzene rings is 1. The molecule has 0 radical (unpaired) electrons. The second-order valence-electron chi connectivity index (χ2n) is 5.79. The van der Waals surface area contributed by atoms with E-state index in [-0.39, 0.29) is 5.82 Å². The zero-order valence-electron chi connectivity index (χ0n) is 13.1. The van der Waals surface area contributed by atoms with Gasteiger partial charge in [-0.1, -0.05) is 19.1 Å². The van der Waals surface area contributed by atoms with Gasteiger partial charge in [-0.25, -0.2) is 4.39 Å². The Morgan fingerprint density at radius 3 is 2.76 bits per heavy atom. The number of halogens is 1. The van der Waals surface area contributed by atoms with Crippen LogP contribution in [-0.2, 0) is 4.74 Å². The van der Waals surface area contributed by atoms with Crippen LogP contribution in [-0.4, -0.2) is 44.3 Å². The van der Waals surface area contributed by atoms with E-state index in [2.05, 4.69) is 17.1 Å². The third-order valence-corrected chi connectivity index (χ3v) is 4.21. The molecule has 0 spiro atoms. The van der Waals surface area contributed by atoms with E-state index >= 15 is 0 Å². The monoisotopic (exact) mass is 294 g/mol. The summed E-state index contributed by atoms with van der Waals surface area (Å²) in [6.45, 7) is 6.35. The standard InChI is InChI=1S/C17H27FN2O/c1-3-10-19-17(14-4-6-15(18)7-5-14)9-12-20-11-8-16(13-20)21-2/h4-7,16-17,19H,3,8-13H2,1-2H3. The zero-order valence-corrected chi connectivity index (χ0v) is 13.1. The molecule has 1 aliphatic heterocycles. The molecule has 1 aromatic carbocycles. The van der Waals surface area contributed by atoms with E-state index in [4.69, 9.17) is 4.74 Å². The molecule has 2 rings (SSSR count). The van der Waals surface area contributed by atoms with Gasteiger partial charge in [0.1, 0.15) is 5.82 Å². The molecule has 1 saturated heterocycles. The summed E-state index contributed by atoms with van der Waals surface area (Å²) in [6.07, 6.45) is 3.66. The number of rotatable bonds is 8. The number of methoxy groups -OCH3 is 1. The van der Waals surface area contributed by atoms with Crippen LogP contribution >= 0.6 is 0 Å². The molecule has 0 saturated carbocycles. The first-order valence-corrected chi connectivity index (χ1v) is 7.97. The van der Waals surface area contributed by atoms with Gasteiger partial charge in [-0.05, 0) is 43.5 Å². The molecule has 1 aliphatic rings. The summed E-state index contributed by atoms with van der Waals surface area (Å²) in [5.41, 5.74) is 1.17. The van der Waals surface area contributed by atoms with Crippen molar-refractivity contribution in [3.8, 4) is 0 Å². The van der Waals surface area contributed by atoms with Crippen molar-refractivity contribution in [3.63, 3.8) is 0 Å². The average Bonchev–Trinajstić information content (AvgIpc) is 2.97. The Morgan fingerprint density at radius 2 is 2.14 bits per heavy atom. The molecule has 0 amide bonds. The Bertz CT molecular complexity index is 410. The maximum Gasteiger partial charge on any atom is 0.123 e. The maximum absolute atomic E-state index is 13.1. The number of nitrogens with zero attached hydrogens (tertiary/aromatic N) is 1. The van der Waals surface area contributed by atoms with Gasteiger partial charge in [-0.15, -0.1) is 0 Å². The van der Waals surface area contributed by atoms with Gasteiger partial charge < -0.3 is 15.0 Å². The SMILES string of the molecule is CCCNC(CCN1CCC(OC)C1)c1ccc(F)cc1. The van der Waals surface area contributed by atoms with Gasteiger partial charge in [0.2, 0.25) is 0 Å². The number of ether oxygens (including phenoxy) is 1. The fourth-order valence-corrected chi connectivity index (χ4v) is 2.90. The van der Waals surface area contributed by atoms with Crippen molar-refractivity contribution in [1.82, 2.24) is 10.2 Å². The fraction of sp³-hybridized carbons (Fsp3) is 0.647. The maximum atomic E-state index is 13.1. The van der Waals surface area contributed by atoms with E-state index in [0.717, 1.165) is 45.4 Å². The fourth-order valence-electron chi connectivity index (χ4n) is 2.90. The largest absolute Gasteiger partial charge is 0.380 e. The molecule has 118 valence electrons. The molecule has 1 N–H and O–H groups in total. The minimum Gasteiger partial charge on any atom is -0.380 e. The van der Waals surface area contributed by atoms with E-state index in [1.54, 1.807) is 19.2 Å². The molecule has 1 fully saturated rings. The second kappa shape index (κ2) is 8.47. The summed E-state index contributed by atoms with van der Waals surface area (Å²) in [5.74, 6) is -0.171. The van der Waals surface area contributed by atoms with Crippen LogP contribution in [0.25, 0.3) is 0 Å². The highest BCUT2D eigenvalue weighted by Gasteiger charge is 2.22. The Hall–Kier alpha value is -0.970. The van der Waals surface area contributed by atoms with Crippen molar-refractivity contribution < 1.29 is 9.13 Å². The molecular weight excluding hydrogens is 267 g/mol. The van der Waals surface area contributed by atoms with Crippen LogP contribution in [0.15, 0.2) is 24.3 Å².